The molecule has 3 nitrogen and oxygen atoms in total. The molecule has 0 aromatic carbocycles. The van der Waals surface area contributed by atoms with E-state index in [9.17, 15) is 4.79 Å². The molecule has 0 radical (unpaired) electrons. The molecule has 2 saturated heterocycles. The number of rotatable bonds is 2. The zero-order valence-electron chi connectivity index (χ0n) is 7.62. The lowest BCUT2D eigenvalue weighted by Crippen LogP contribution is -2.42. The molecule has 0 aromatic heterocycles. The molecule has 2 fully saturated rings. The number of likely N-dealkylation sites (tertiary alicyclic amines) is 1. The van der Waals surface area contributed by atoms with Gasteiger partial charge in [0.05, 0.1) is 0 Å². The first-order valence-corrected chi connectivity index (χ1v) is 4.61. The van der Waals surface area contributed by atoms with Gasteiger partial charge in [0.25, 0.3) is 0 Å². The molecule has 3 heteroatoms. The van der Waals surface area contributed by atoms with Crippen LogP contribution in [-0.4, -0.2) is 36.1 Å². The summed E-state index contributed by atoms with van der Waals surface area (Å²) >= 11 is 0. The first-order chi connectivity index (χ1) is 5.66. The average Bonchev–Trinajstić information content (AvgIpc) is 2.43. The van der Waals surface area contributed by atoms with E-state index in [-0.39, 0.29) is 18.1 Å². The van der Waals surface area contributed by atoms with Crippen LogP contribution in [-0.2, 0) is 9.53 Å². The number of carbonyl (C=O) groups is 1. The SMILES string of the molecule is CC(C)CN1CC2CC1C(=O)O2. The molecule has 2 heterocycles. The Balaban J connectivity index is 1.98. The van der Waals surface area contributed by atoms with Crippen molar-refractivity contribution in [1.82, 2.24) is 4.90 Å². The van der Waals surface area contributed by atoms with Gasteiger partial charge in [0.2, 0.25) is 0 Å². The van der Waals surface area contributed by atoms with E-state index >= 15 is 0 Å². The summed E-state index contributed by atoms with van der Waals surface area (Å²) in [4.78, 5) is 13.4. The van der Waals surface area contributed by atoms with Crippen LogP contribution in [0, 0.1) is 5.92 Å². The van der Waals surface area contributed by atoms with Crippen molar-refractivity contribution in [3.05, 3.63) is 0 Å². The summed E-state index contributed by atoms with van der Waals surface area (Å²) in [5, 5.41) is 0. The van der Waals surface area contributed by atoms with Gasteiger partial charge in [0.1, 0.15) is 12.1 Å². The lowest BCUT2D eigenvalue weighted by atomic mass is 10.2. The number of fused-ring (bicyclic) bond motifs is 2. The highest BCUT2D eigenvalue weighted by Crippen LogP contribution is 2.29. The van der Waals surface area contributed by atoms with E-state index < -0.39 is 0 Å². The van der Waals surface area contributed by atoms with Crippen molar-refractivity contribution in [3.8, 4) is 0 Å². The monoisotopic (exact) mass is 169 g/mol. The zero-order valence-corrected chi connectivity index (χ0v) is 7.62. The Bertz CT molecular complexity index is 203. The molecule has 0 aliphatic carbocycles. The van der Waals surface area contributed by atoms with Gasteiger partial charge < -0.3 is 4.74 Å². The quantitative estimate of drug-likeness (QED) is 0.568. The predicted octanol–water partition coefficient (Wildman–Crippen LogP) is 0.642. The maximum absolute atomic E-state index is 11.2. The third kappa shape index (κ3) is 1.22. The number of ether oxygens (including phenoxy) is 1. The predicted molar refractivity (Wildman–Crippen MR) is 44.7 cm³/mol. The van der Waals surface area contributed by atoms with Gasteiger partial charge in [0, 0.05) is 19.5 Å². The molecule has 0 spiro atoms. The highest BCUT2D eigenvalue weighted by atomic mass is 16.6. The Labute approximate surface area is 72.7 Å². The Morgan fingerprint density at radius 3 is 2.92 bits per heavy atom. The molecular weight excluding hydrogens is 154 g/mol. The van der Waals surface area contributed by atoms with E-state index in [4.69, 9.17) is 4.74 Å². The fourth-order valence-electron chi connectivity index (χ4n) is 2.11. The summed E-state index contributed by atoms with van der Waals surface area (Å²) in [6.45, 7) is 6.33. The topological polar surface area (TPSA) is 29.5 Å². The van der Waals surface area contributed by atoms with Crippen LogP contribution in [0.5, 0.6) is 0 Å². The fourth-order valence-corrected chi connectivity index (χ4v) is 2.11. The summed E-state index contributed by atoms with van der Waals surface area (Å²) in [6.07, 6.45) is 1.12. The van der Waals surface area contributed by atoms with Crippen LogP contribution >= 0.6 is 0 Å². The molecular formula is C9H15NO2. The highest BCUT2D eigenvalue weighted by molar-refractivity contribution is 5.79. The molecule has 0 aromatic rings. The van der Waals surface area contributed by atoms with Crippen LogP contribution in [0.1, 0.15) is 20.3 Å². The lowest BCUT2D eigenvalue weighted by Gasteiger charge is -2.26. The Morgan fingerprint density at radius 2 is 2.42 bits per heavy atom. The van der Waals surface area contributed by atoms with E-state index in [1.54, 1.807) is 0 Å². The zero-order chi connectivity index (χ0) is 8.72. The summed E-state index contributed by atoms with van der Waals surface area (Å²) in [7, 11) is 0. The number of nitrogens with zero attached hydrogens (tertiary/aromatic N) is 1. The molecule has 2 atom stereocenters. The second-order valence-corrected chi connectivity index (χ2v) is 4.16. The van der Waals surface area contributed by atoms with Crippen LogP contribution < -0.4 is 0 Å². The van der Waals surface area contributed by atoms with Crippen molar-refractivity contribution >= 4 is 5.97 Å². The van der Waals surface area contributed by atoms with E-state index in [0.29, 0.717) is 5.92 Å². The summed E-state index contributed by atoms with van der Waals surface area (Å²) < 4.78 is 5.09. The molecule has 2 bridgehead atoms. The van der Waals surface area contributed by atoms with E-state index in [0.717, 1.165) is 19.5 Å². The van der Waals surface area contributed by atoms with Gasteiger partial charge >= 0.3 is 5.97 Å². The van der Waals surface area contributed by atoms with Crippen LogP contribution in [0.3, 0.4) is 0 Å². The third-order valence-corrected chi connectivity index (χ3v) is 2.52. The molecule has 0 saturated carbocycles. The van der Waals surface area contributed by atoms with Crippen LogP contribution in [0.15, 0.2) is 0 Å². The fraction of sp³-hybridized carbons (Fsp3) is 0.889. The number of carbonyl (C=O) groups excluding carboxylic acids is 1. The minimum absolute atomic E-state index is 0.00750. The molecule has 12 heavy (non-hydrogen) atoms. The Hall–Kier alpha value is -0.570. The molecule has 68 valence electrons. The maximum Gasteiger partial charge on any atom is 0.323 e. The average molecular weight is 169 g/mol. The van der Waals surface area contributed by atoms with Crippen molar-refractivity contribution in [1.29, 1.82) is 0 Å². The van der Waals surface area contributed by atoms with Crippen molar-refractivity contribution < 1.29 is 9.53 Å². The maximum atomic E-state index is 11.2. The van der Waals surface area contributed by atoms with Gasteiger partial charge in [0.15, 0.2) is 0 Å². The van der Waals surface area contributed by atoms with Gasteiger partial charge in [-0.15, -0.1) is 0 Å². The van der Waals surface area contributed by atoms with E-state index in [1.165, 1.54) is 0 Å². The minimum atomic E-state index is -0.00750. The second-order valence-electron chi connectivity index (χ2n) is 4.16. The first kappa shape index (κ1) is 8.05. The smallest absolute Gasteiger partial charge is 0.323 e. The van der Waals surface area contributed by atoms with Crippen LogP contribution in [0.4, 0.5) is 0 Å². The Morgan fingerprint density at radius 1 is 1.67 bits per heavy atom. The third-order valence-electron chi connectivity index (χ3n) is 2.52. The molecule has 2 unspecified atom stereocenters. The van der Waals surface area contributed by atoms with Gasteiger partial charge in [-0.1, -0.05) is 13.8 Å². The van der Waals surface area contributed by atoms with Crippen LogP contribution in [0.25, 0.3) is 0 Å². The summed E-state index contributed by atoms with van der Waals surface area (Å²) in [5.74, 6) is 0.629. The van der Waals surface area contributed by atoms with E-state index in [1.807, 2.05) is 0 Å². The molecule has 0 N–H and O–H groups in total. The number of morpholine rings is 1. The van der Waals surface area contributed by atoms with Gasteiger partial charge in [-0.3, -0.25) is 9.69 Å². The van der Waals surface area contributed by atoms with Crippen molar-refractivity contribution in [3.63, 3.8) is 0 Å². The minimum Gasteiger partial charge on any atom is -0.460 e. The molecule has 2 rings (SSSR count). The normalized spacial score (nSPS) is 34.8. The van der Waals surface area contributed by atoms with Crippen molar-refractivity contribution in [2.75, 3.05) is 13.1 Å². The number of esters is 1. The van der Waals surface area contributed by atoms with Crippen molar-refractivity contribution in [2.24, 2.45) is 5.92 Å². The van der Waals surface area contributed by atoms with Gasteiger partial charge in [-0.05, 0) is 5.92 Å². The summed E-state index contributed by atoms with van der Waals surface area (Å²) in [6, 6.07) is 0.0809. The standard InChI is InChI=1S/C9H15NO2/c1-6(2)4-10-5-7-3-8(10)9(11)12-7/h6-8H,3-5H2,1-2H3. The van der Waals surface area contributed by atoms with Gasteiger partial charge in [-0.25, -0.2) is 0 Å². The molecule has 2 aliphatic rings. The number of hydrogen-bond acceptors (Lipinski definition) is 3. The van der Waals surface area contributed by atoms with Crippen molar-refractivity contribution in [2.45, 2.75) is 32.4 Å². The Kier molecular flexibility index (Phi) is 1.83. The molecule has 0 amide bonds. The number of hydrogen-bond donors (Lipinski definition) is 0. The van der Waals surface area contributed by atoms with Gasteiger partial charge in [-0.2, -0.15) is 0 Å². The first-order valence-electron chi connectivity index (χ1n) is 4.61. The van der Waals surface area contributed by atoms with E-state index in [2.05, 4.69) is 18.7 Å². The largest absolute Gasteiger partial charge is 0.460 e. The summed E-state index contributed by atoms with van der Waals surface area (Å²) in [5.41, 5.74) is 0. The van der Waals surface area contributed by atoms with Crippen LogP contribution in [0.2, 0.25) is 0 Å². The lowest BCUT2D eigenvalue weighted by molar-refractivity contribution is -0.151. The molecule has 2 aliphatic heterocycles. The second kappa shape index (κ2) is 2.73. The highest BCUT2D eigenvalue weighted by Gasteiger charge is 2.46.